The van der Waals surface area contributed by atoms with Crippen molar-refractivity contribution in [2.45, 2.75) is 32.7 Å². The number of benzene rings is 3. The molecule has 1 N–H and O–H groups in total. The second kappa shape index (κ2) is 9.74. The van der Waals surface area contributed by atoms with Gasteiger partial charge in [-0.25, -0.2) is 5.43 Å². The second-order valence-corrected chi connectivity index (χ2v) is 9.07. The Morgan fingerprint density at radius 3 is 2.39 bits per heavy atom. The number of para-hydroxylation sites is 1. The minimum atomic E-state index is -0.306. The second-order valence-electron chi connectivity index (χ2n) is 9.07. The Morgan fingerprint density at radius 2 is 1.67 bits per heavy atom. The highest BCUT2D eigenvalue weighted by Gasteiger charge is 2.13. The zero-order valence-corrected chi connectivity index (χ0v) is 19.3. The van der Waals surface area contributed by atoms with Crippen molar-refractivity contribution in [1.29, 1.82) is 0 Å². The fourth-order valence-corrected chi connectivity index (χ4v) is 3.70. The van der Waals surface area contributed by atoms with Crippen LogP contribution in [0.2, 0.25) is 0 Å². The van der Waals surface area contributed by atoms with Crippen LogP contribution in [-0.4, -0.2) is 23.3 Å². The first-order valence-electron chi connectivity index (χ1n) is 11.1. The van der Waals surface area contributed by atoms with E-state index in [4.69, 9.17) is 4.74 Å². The van der Waals surface area contributed by atoms with Crippen LogP contribution in [0.1, 0.15) is 37.5 Å². The number of carbonyl (C=O) groups is 1. The summed E-state index contributed by atoms with van der Waals surface area (Å²) in [5.41, 5.74) is 7.14. The van der Waals surface area contributed by atoms with Crippen LogP contribution in [-0.2, 0) is 16.8 Å². The van der Waals surface area contributed by atoms with Crippen molar-refractivity contribution >= 4 is 23.0 Å². The first kappa shape index (κ1) is 22.3. The van der Waals surface area contributed by atoms with Crippen LogP contribution in [0.5, 0.6) is 5.75 Å². The molecular weight excluding hydrogens is 410 g/mol. The van der Waals surface area contributed by atoms with Crippen LogP contribution in [0.25, 0.3) is 10.9 Å². The molecule has 0 saturated carbocycles. The molecule has 0 radical (unpaired) electrons. The average Bonchev–Trinajstić information content (AvgIpc) is 3.15. The predicted octanol–water partition coefficient (Wildman–Crippen LogP) is 5.52. The molecule has 1 aromatic heterocycles. The number of rotatable bonds is 7. The molecule has 0 atom stereocenters. The third-order valence-electron chi connectivity index (χ3n) is 5.50. The van der Waals surface area contributed by atoms with Crippen LogP contribution < -0.4 is 10.2 Å². The van der Waals surface area contributed by atoms with Gasteiger partial charge in [0.25, 0.3) is 5.91 Å². The van der Waals surface area contributed by atoms with Crippen molar-refractivity contribution < 1.29 is 9.53 Å². The molecule has 0 spiro atoms. The molecule has 168 valence electrons. The third-order valence-corrected chi connectivity index (χ3v) is 5.50. The summed E-state index contributed by atoms with van der Waals surface area (Å²) < 4.78 is 7.78. The Kier molecular flexibility index (Phi) is 6.59. The lowest BCUT2D eigenvalue weighted by Crippen LogP contribution is -2.24. The van der Waals surface area contributed by atoms with E-state index in [0.29, 0.717) is 5.75 Å². The maximum Gasteiger partial charge on any atom is 0.277 e. The minimum Gasteiger partial charge on any atom is -0.484 e. The number of hydrazone groups is 1. The van der Waals surface area contributed by atoms with Crippen LogP contribution >= 0.6 is 0 Å². The van der Waals surface area contributed by atoms with Gasteiger partial charge in [0, 0.05) is 29.2 Å². The molecule has 0 aliphatic heterocycles. The summed E-state index contributed by atoms with van der Waals surface area (Å²) in [6, 6.07) is 26.3. The highest BCUT2D eigenvalue weighted by Crippen LogP contribution is 2.24. The van der Waals surface area contributed by atoms with Gasteiger partial charge in [0.1, 0.15) is 5.75 Å². The van der Waals surface area contributed by atoms with Gasteiger partial charge in [0.2, 0.25) is 0 Å². The maximum atomic E-state index is 12.2. The van der Waals surface area contributed by atoms with Gasteiger partial charge < -0.3 is 9.30 Å². The minimum absolute atomic E-state index is 0.0782. The molecule has 33 heavy (non-hydrogen) atoms. The molecule has 0 bridgehead atoms. The van der Waals surface area contributed by atoms with E-state index in [9.17, 15) is 4.79 Å². The molecule has 5 heteroatoms. The fourth-order valence-electron chi connectivity index (χ4n) is 3.70. The first-order valence-corrected chi connectivity index (χ1v) is 11.1. The highest BCUT2D eigenvalue weighted by atomic mass is 16.5. The van der Waals surface area contributed by atoms with Crippen molar-refractivity contribution in [3.05, 3.63) is 102 Å². The number of nitrogens with zero attached hydrogens (tertiary/aromatic N) is 2. The number of hydrogen-bond acceptors (Lipinski definition) is 3. The van der Waals surface area contributed by atoms with Crippen molar-refractivity contribution in [3.8, 4) is 5.75 Å². The largest absolute Gasteiger partial charge is 0.484 e. The van der Waals surface area contributed by atoms with Gasteiger partial charge in [-0.05, 0) is 34.7 Å². The lowest BCUT2D eigenvalue weighted by molar-refractivity contribution is -0.123. The van der Waals surface area contributed by atoms with Crippen LogP contribution in [0.15, 0.2) is 90.2 Å². The normalized spacial score (nSPS) is 11.7. The Bertz CT molecular complexity index is 1250. The fraction of sp³-hybridized carbons (Fsp3) is 0.214. The summed E-state index contributed by atoms with van der Waals surface area (Å²) in [4.78, 5) is 12.2. The average molecular weight is 440 g/mol. The van der Waals surface area contributed by atoms with E-state index >= 15 is 0 Å². The molecule has 1 amide bonds. The Hall–Kier alpha value is -3.86. The predicted molar refractivity (Wildman–Crippen MR) is 134 cm³/mol. The summed E-state index contributed by atoms with van der Waals surface area (Å²) in [5.74, 6) is 0.352. The summed E-state index contributed by atoms with van der Waals surface area (Å²) in [7, 11) is 0. The molecule has 0 saturated heterocycles. The summed E-state index contributed by atoms with van der Waals surface area (Å²) in [5, 5.41) is 5.24. The first-order chi connectivity index (χ1) is 15.9. The molecule has 0 aliphatic carbocycles. The van der Waals surface area contributed by atoms with Crippen molar-refractivity contribution in [1.82, 2.24) is 9.99 Å². The molecule has 5 nitrogen and oxygen atoms in total. The van der Waals surface area contributed by atoms with E-state index in [1.54, 1.807) is 6.21 Å². The number of nitrogens with one attached hydrogen (secondary N) is 1. The van der Waals surface area contributed by atoms with Crippen molar-refractivity contribution in [2.24, 2.45) is 5.10 Å². The van der Waals surface area contributed by atoms with Crippen LogP contribution in [0.3, 0.4) is 0 Å². The SMILES string of the molecule is CC(C)(C)c1ccc(OCC(=O)N/N=C/c2cn(Cc3ccccc3)c3ccccc23)cc1. The quantitative estimate of drug-likeness (QED) is 0.305. The summed E-state index contributed by atoms with van der Waals surface area (Å²) in [6.45, 7) is 7.15. The van der Waals surface area contributed by atoms with E-state index in [-0.39, 0.29) is 17.9 Å². The molecule has 4 rings (SSSR count). The van der Waals surface area contributed by atoms with Gasteiger partial charge in [-0.1, -0.05) is 81.4 Å². The third kappa shape index (κ3) is 5.69. The van der Waals surface area contributed by atoms with E-state index in [0.717, 1.165) is 23.0 Å². The number of carbonyl (C=O) groups excluding carboxylic acids is 1. The molecule has 4 aromatic rings. The molecule has 3 aromatic carbocycles. The summed E-state index contributed by atoms with van der Waals surface area (Å²) in [6.07, 6.45) is 3.74. The van der Waals surface area contributed by atoms with E-state index < -0.39 is 0 Å². The summed E-state index contributed by atoms with van der Waals surface area (Å²) >= 11 is 0. The number of fused-ring (bicyclic) bond motifs is 1. The van der Waals surface area contributed by atoms with Crippen LogP contribution in [0.4, 0.5) is 0 Å². The highest BCUT2D eigenvalue weighted by molar-refractivity contribution is 5.99. The Balaban J connectivity index is 1.38. The van der Waals surface area contributed by atoms with Gasteiger partial charge >= 0.3 is 0 Å². The molecular formula is C28H29N3O2. The lowest BCUT2D eigenvalue weighted by Gasteiger charge is -2.19. The number of amides is 1. The van der Waals surface area contributed by atoms with Crippen LogP contribution in [0, 0.1) is 0 Å². The number of hydrogen-bond donors (Lipinski definition) is 1. The number of ether oxygens (including phenoxy) is 1. The topological polar surface area (TPSA) is 55.6 Å². The lowest BCUT2D eigenvalue weighted by atomic mass is 9.87. The molecule has 0 unspecified atom stereocenters. The van der Waals surface area contributed by atoms with Gasteiger partial charge in [-0.3, -0.25) is 4.79 Å². The maximum absolute atomic E-state index is 12.2. The van der Waals surface area contributed by atoms with Gasteiger partial charge in [-0.2, -0.15) is 5.10 Å². The van der Waals surface area contributed by atoms with Gasteiger partial charge in [0.05, 0.1) is 6.21 Å². The Labute approximate surface area is 194 Å². The molecule has 1 heterocycles. The van der Waals surface area contributed by atoms with Gasteiger partial charge in [0.15, 0.2) is 6.61 Å². The van der Waals surface area contributed by atoms with E-state index in [1.807, 2.05) is 54.6 Å². The van der Waals surface area contributed by atoms with Crippen molar-refractivity contribution in [2.75, 3.05) is 6.61 Å². The zero-order chi connectivity index (χ0) is 23.3. The number of aromatic nitrogens is 1. The standard InChI is InChI=1S/C28H29N3O2/c1-28(2,3)23-13-15-24(16-14-23)33-20-27(32)30-29-17-22-19-31(18-21-9-5-4-6-10-21)26-12-8-7-11-25(22)26/h4-17,19H,18,20H2,1-3H3,(H,30,32)/b29-17+. The van der Waals surface area contributed by atoms with Crippen molar-refractivity contribution in [3.63, 3.8) is 0 Å². The molecule has 0 aliphatic rings. The Morgan fingerprint density at radius 1 is 0.970 bits per heavy atom. The monoisotopic (exact) mass is 439 g/mol. The van der Waals surface area contributed by atoms with E-state index in [2.05, 4.69) is 66.3 Å². The van der Waals surface area contributed by atoms with E-state index in [1.165, 1.54) is 11.1 Å². The smallest absolute Gasteiger partial charge is 0.277 e. The zero-order valence-electron chi connectivity index (χ0n) is 19.3. The molecule has 0 fully saturated rings. The van der Waals surface area contributed by atoms with Gasteiger partial charge in [-0.15, -0.1) is 0 Å².